The lowest BCUT2D eigenvalue weighted by Crippen LogP contribution is -2.53. The number of nitrogens with two attached hydrogens (primary N) is 1. The third-order valence-corrected chi connectivity index (χ3v) is 6.00. The molecule has 1 saturated heterocycles. The molecule has 0 radical (unpaired) electrons. The van der Waals surface area contributed by atoms with Crippen LogP contribution in [0.25, 0.3) is 21.6 Å². The minimum absolute atomic E-state index is 0.0223. The van der Waals surface area contributed by atoms with Crippen LogP contribution in [0.4, 0.5) is 38.1 Å². The molecule has 0 atom stereocenters. The molecule has 0 spiro atoms. The molecular weight excluding hydrogens is 466 g/mol. The van der Waals surface area contributed by atoms with Gasteiger partial charge in [-0.3, -0.25) is 0 Å². The average molecular weight is 480 g/mol. The molecule has 15 heteroatoms. The fourth-order valence-corrected chi connectivity index (χ4v) is 4.35. The number of fused-ring (bicyclic) bond motifs is 1. The first-order valence-corrected chi connectivity index (χ1v) is 9.82. The van der Waals surface area contributed by atoms with Crippen molar-refractivity contribution < 1.29 is 36.2 Å². The zero-order chi connectivity index (χ0) is 23.3. The molecule has 1 aliphatic heterocycles. The first-order chi connectivity index (χ1) is 14.9. The molecular formula is C17H14F6N6O2S. The topological polar surface area (TPSA) is 110 Å². The van der Waals surface area contributed by atoms with Crippen LogP contribution in [0.5, 0.6) is 0 Å². The number of hydrogen-bond acceptors (Lipinski definition) is 9. The van der Waals surface area contributed by atoms with Crippen molar-refractivity contribution in [2.75, 3.05) is 36.9 Å². The number of halogens is 6. The lowest BCUT2D eigenvalue weighted by molar-refractivity contribution is -0.374. The second kappa shape index (κ2) is 7.67. The van der Waals surface area contributed by atoms with E-state index in [1.165, 1.54) is 12.4 Å². The Hall–Kier alpha value is -2.78. The fraction of sp³-hybridized carbons (Fsp3) is 0.412. The number of rotatable bonds is 3. The van der Waals surface area contributed by atoms with Gasteiger partial charge in [0, 0.05) is 25.5 Å². The first kappa shape index (κ1) is 22.4. The van der Waals surface area contributed by atoms with Gasteiger partial charge in [-0.15, -0.1) is 11.3 Å². The summed E-state index contributed by atoms with van der Waals surface area (Å²) >= 11 is 0.136. The van der Waals surface area contributed by atoms with Gasteiger partial charge < -0.3 is 20.5 Å². The third-order valence-electron chi connectivity index (χ3n) is 4.77. The minimum atomic E-state index is -6.01. The van der Waals surface area contributed by atoms with Crippen molar-refractivity contribution in [1.82, 2.24) is 19.9 Å². The Balaban J connectivity index is 1.95. The zero-order valence-electron chi connectivity index (χ0n) is 15.9. The van der Waals surface area contributed by atoms with Crippen molar-refractivity contribution in [3.05, 3.63) is 23.3 Å². The highest BCUT2D eigenvalue weighted by Gasteiger charge is 2.72. The van der Waals surface area contributed by atoms with E-state index in [4.69, 9.17) is 10.5 Å². The van der Waals surface area contributed by atoms with Gasteiger partial charge in [0.2, 0.25) is 5.95 Å². The van der Waals surface area contributed by atoms with E-state index in [1.807, 2.05) is 0 Å². The van der Waals surface area contributed by atoms with Gasteiger partial charge in [-0.25, -0.2) is 19.9 Å². The minimum Gasteiger partial charge on any atom is -0.378 e. The van der Waals surface area contributed by atoms with E-state index in [-0.39, 0.29) is 44.7 Å². The van der Waals surface area contributed by atoms with Crippen LogP contribution in [-0.2, 0) is 10.3 Å². The number of anilines is 2. The van der Waals surface area contributed by atoms with Crippen LogP contribution >= 0.6 is 11.3 Å². The Kier molecular flexibility index (Phi) is 5.37. The van der Waals surface area contributed by atoms with Crippen molar-refractivity contribution in [2.45, 2.75) is 18.0 Å². The van der Waals surface area contributed by atoms with Crippen molar-refractivity contribution in [1.29, 1.82) is 0 Å². The quantitative estimate of drug-likeness (QED) is 0.551. The molecule has 3 N–H and O–H groups in total. The van der Waals surface area contributed by atoms with Gasteiger partial charge in [-0.05, 0) is 6.07 Å². The highest BCUT2D eigenvalue weighted by Crippen LogP contribution is 2.53. The number of aliphatic hydroxyl groups is 1. The lowest BCUT2D eigenvalue weighted by atomic mass is 10.0. The third kappa shape index (κ3) is 3.69. The summed E-state index contributed by atoms with van der Waals surface area (Å²) in [5, 5.41) is 9.82. The predicted octanol–water partition coefficient (Wildman–Crippen LogP) is 2.88. The summed E-state index contributed by atoms with van der Waals surface area (Å²) in [5.74, 6) is 0.0560. The summed E-state index contributed by atoms with van der Waals surface area (Å²) in [6.07, 6.45) is -9.46. The summed E-state index contributed by atoms with van der Waals surface area (Å²) in [6, 6.07) is 0.578. The SMILES string of the molecule is Nc1ncc(-c2nc(N3CCOCC3)c3sc(C(O)(C(F)(F)F)C(F)(F)F)cc3n2)cn1. The molecule has 1 fully saturated rings. The van der Waals surface area contributed by atoms with E-state index >= 15 is 0 Å². The van der Waals surface area contributed by atoms with Gasteiger partial charge in [0.1, 0.15) is 0 Å². The van der Waals surface area contributed by atoms with E-state index in [0.29, 0.717) is 32.4 Å². The summed E-state index contributed by atoms with van der Waals surface area (Å²) in [7, 11) is 0. The first-order valence-electron chi connectivity index (χ1n) is 9.00. The smallest absolute Gasteiger partial charge is 0.378 e. The second-order valence-electron chi connectivity index (χ2n) is 6.83. The van der Waals surface area contributed by atoms with Crippen LogP contribution < -0.4 is 10.6 Å². The summed E-state index contributed by atoms with van der Waals surface area (Å²) < 4.78 is 85.6. The maximum Gasteiger partial charge on any atom is 0.431 e. The Morgan fingerprint density at radius 1 is 1.00 bits per heavy atom. The molecule has 3 aromatic heterocycles. The molecule has 3 aromatic rings. The number of morpholine rings is 1. The maximum atomic E-state index is 13.4. The highest BCUT2D eigenvalue weighted by molar-refractivity contribution is 7.19. The molecule has 0 aliphatic carbocycles. The van der Waals surface area contributed by atoms with Crippen LogP contribution in [0.2, 0.25) is 0 Å². The van der Waals surface area contributed by atoms with Gasteiger partial charge in [0.05, 0.1) is 33.9 Å². The molecule has 0 bridgehead atoms. The van der Waals surface area contributed by atoms with Gasteiger partial charge in [0.25, 0.3) is 5.60 Å². The van der Waals surface area contributed by atoms with Crippen molar-refractivity contribution >= 4 is 33.3 Å². The van der Waals surface area contributed by atoms with Crippen LogP contribution in [0.3, 0.4) is 0 Å². The Bertz CT molecular complexity index is 1110. The molecule has 1 aliphatic rings. The number of nitrogens with zero attached hydrogens (tertiary/aromatic N) is 5. The molecule has 8 nitrogen and oxygen atoms in total. The zero-order valence-corrected chi connectivity index (χ0v) is 16.7. The number of aromatic nitrogens is 4. The molecule has 32 heavy (non-hydrogen) atoms. The van der Waals surface area contributed by atoms with Gasteiger partial charge in [-0.1, -0.05) is 0 Å². The standard InChI is InChI=1S/C17H14F6N6O2S/c18-16(19,20)15(30,17(21,22)23)10-5-9-11(32-10)13(29-1-3-31-4-2-29)28-12(27-9)8-6-25-14(24)26-7-8/h5-7,30H,1-4H2,(H2,24,25,26). The van der Waals surface area contributed by atoms with E-state index in [0.717, 1.165) is 0 Å². The molecule has 0 aromatic carbocycles. The van der Waals surface area contributed by atoms with Crippen LogP contribution in [0.1, 0.15) is 4.88 Å². The predicted molar refractivity (Wildman–Crippen MR) is 102 cm³/mol. The van der Waals surface area contributed by atoms with Crippen LogP contribution in [0.15, 0.2) is 18.5 Å². The Morgan fingerprint density at radius 2 is 1.59 bits per heavy atom. The van der Waals surface area contributed by atoms with Gasteiger partial charge in [-0.2, -0.15) is 26.3 Å². The number of thiophene rings is 1. The number of ether oxygens (including phenoxy) is 1. The number of nitrogen functional groups attached to an aromatic ring is 1. The Labute approximate surface area is 179 Å². The molecule has 0 amide bonds. The van der Waals surface area contributed by atoms with Gasteiger partial charge >= 0.3 is 12.4 Å². The molecule has 4 rings (SSSR count). The second-order valence-corrected chi connectivity index (χ2v) is 7.88. The lowest BCUT2D eigenvalue weighted by Gasteiger charge is -2.31. The number of alkyl halides is 6. The van der Waals surface area contributed by atoms with Crippen molar-refractivity contribution in [2.24, 2.45) is 0 Å². The monoisotopic (exact) mass is 480 g/mol. The van der Waals surface area contributed by atoms with Crippen molar-refractivity contribution in [3.8, 4) is 11.4 Å². The van der Waals surface area contributed by atoms with Crippen molar-refractivity contribution in [3.63, 3.8) is 0 Å². The van der Waals surface area contributed by atoms with E-state index in [9.17, 15) is 31.4 Å². The maximum absolute atomic E-state index is 13.4. The average Bonchev–Trinajstić information content (AvgIpc) is 3.16. The molecule has 172 valence electrons. The summed E-state index contributed by atoms with van der Waals surface area (Å²) in [5.41, 5.74) is 0.454. The fourth-order valence-electron chi connectivity index (χ4n) is 3.11. The van der Waals surface area contributed by atoms with Crippen LogP contribution in [-0.4, -0.2) is 63.7 Å². The largest absolute Gasteiger partial charge is 0.431 e. The highest BCUT2D eigenvalue weighted by atomic mass is 32.1. The molecule has 0 saturated carbocycles. The molecule has 4 heterocycles. The molecule has 0 unspecified atom stereocenters. The van der Waals surface area contributed by atoms with Crippen LogP contribution in [0, 0.1) is 0 Å². The summed E-state index contributed by atoms with van der Waals surface area (Å²) in [6.45, 7) is 1.19. The van der Waals surface area contributed by atoms with E-state index in [2.05, 4.69) is 19.9 Å². The van der Waals surface area contributed by atoms with E-state index in [1.54, 1.807) is 4.90 Å². The number of hydrogen-bond donors (Lipinski definition) is 2. The normalized spacial score (nSPS) is 16.0. The van der Waals surface area contributed by atoms with Gasteiger partial charge in [0.15, 0.2) is 11.6 Å². The Morgan fingerprint density at radius 3 is 2.16 bits per heavy atom. The van der Waals surface area contributed by atoms with E-state index < -0.39 is 22.8 Å². The summed E-state index contributed by atoms with van der Waals surface area (Å²) in [4.78, 5) is 16.4.